The van der Waals surface area contributed by atoms with Crippen molar-refractivity contribution in [2.24, 2.45) is 5.41 Å². The quantitative estimate of drug-likeness (QED) is 0.382. The average Bonchev–Trinajstić information content (AvgIpc) is 3.67. The van der Waals surface area contributed by atoms with Crippen LogP contribution in [0.3, 0.4) is 0 Å². The molecule has 2 aliphatic heterocycles. The Bertz CT molecular complexity index is 1550. The third kappa shape index (κ3) is 4.02. The van der Waals surface area contributed by atoms with Crippen molar-refractivity contribution in [3.8, 4) is 0 Å². The fraction of sp³-hybridized carbons (Fsp3) is 0.345. The largest absolute Gasteiger partial charge is 0.351 e. The summed E-state index contributed by atoms with van der Waals surface area (Å²) in [6.45, 7) is 6.60. The number of nitrogens with one attached hydrogen (secondary N) is 3. The molecule has 2 saturated heterocycles. The SMILES string of the molecule is CC(C)(C)C(NC(=O)c1cc2ccccc2[nH]1)C(=O)N1CC2CC1CN2C(=O)c1cc2c(F)cccc2[nH]1. The van der Waals surface area contributed by atoms with Crippen LogP contribution in [-0.2, 0) is 4.79 Å². The molecule has 3 amide bonds. The molecule has 2 bridgehead atoms. The summed E-state index contributed by atoms with van der Waals surface area (Å²) < 4.78 is 14.1. The number of hydrogen-bond acceptors (Lipinski definition) is 3. The number of likely N-dealkylation sites (tertiary alicyclic amines) is 2. The second kappa shape index (κ2) is 8.72. The van der Waals surface area contributed by atoms with E-state index >= 15 is 0 Å². The number of fused-ring (bicyclic) bond motifs is 4. The summed E-state index contributed by atoms with van der Waals surface area (Å²) in [4.78, 5) is 49.9. The number of aromatic amines is 2. The van der Waals surface area contributed by atoms with Gasteiger partial charge >= 0.3 is 0 Å². The summed E-state index contributed by atoms with van der Waals surface area (Å²) in [5.74, 6) is -1.05. The molecule has 0 aliphatic carbocycles. The number of piperazine rings is 1. The van der Waals surface area contributed by atoms with E-state index in [1.807, 2.05) is 45.0 Å². The van der Waals surface area contributed by atoms with Crippen LogP contribution in [0.15, 0.2) is 54.6 Å². The number of nitrogens with zero attached hydrogens (tertiary/aromatic N) is 2. The van der Waals surface area contributed by atoms with Crippen LogP contribution in [0.1, 0.15) is 48.2 Å². The number of carbonyl (C=O) groups is 3. The van der Waals surface area contributed by atoms with Crippen molar-refractivity contribution in [1.82, 2.24) is 25.1 Å². The van der Waals surface area contributed by atoms with Crippen molar-refractivity contribution in [3.05, 3.63) is 71.8 Å². The Balaban J connectivity index is 1.17. The first kappa shape index (κ1) is 24.2. The van der Waals surface area contributed by atoms with Gasteiger partial charge in [0.15, 0.2) is 0 Å². The number of benzene rings is 2. The molecule has 38 heavy (non-hydrogen) atoms. The summed E-state index contributed by atoms with van der Waals surface area (Å²) in [7, 11) is 0. The van der Waals surface area contributed by atoms with Gasteiger partial charge in [0, 0.05) is 34.9 Å². The lowest BCUT2D eigenvalue weighted by Gasteiger charge is -2.39. The molecule has 2 aromatic carbocycles. The maximum atomic E-state index is 14.1. The zero-order chi connectivity index (χ0) is 26.8. The normalized spacial score (nSPS) is 19.9. The van der Waals surface area contributed by atoms with E-state index in [2.05, 4.69) is 15.3 Å². The first-order valence-corrected chi connectivity index (χ1v) is 12.9. The molecule has 9 heteroatoms. The van der Waals surface area contributed by atoms with Gasteiger partial charge in [0.25, 0.3) is 11.8 Å². The highest BCUT2D eigenvalue weighted by Gasteiger charge is 2.50. The molecule has 3 N–H and O–H groups in total. The summed E-state index contributed by atoms with van der Waals surface area (Å²) >= 11 is 0. The van der Waals surface area contributed by atoms with E-state index in [0.29, 0.717) is 41.8 Å². The predicted molar refractivity (Wildman–Crippen MR) is 142 cm³/mol. The smallest absolute Gasteiger partial charge is 0.270 e. The molecule has 196 valence electrons. The number of rotatable bonds is 4. The molecular formula is C29H30FN5O3. The molecule has 0 spiro atoms. The van der Waals surface area contributed by atoms with Crippen LogP contribution in [0.25, 0.3) is 21.8 Å². The van der Waals surface area contributed by atoms with Crippen molar-refractivity contribution in [2.75, 3.05) is 13.1 Å². The van der Waals surface area contributed by atoms with Crippen molar-refractivity contribution in [3.63, 3.8) is 0 Å². The minimum atomic E-state index is -0.735. The van der Waals surface area contributed by atoms with Crippen LogP contribution >= 0.6 is 0 Å². The summed E-state index contributed by atoms with van der Waals surface area (Å²) in [6, 6.07) is 14.7. The van der Waals surface area contributed by atoms with Gasteiger partial charge in [-0.3, -0.25) is 14.4 Å². The number of carbonyl (C=O) groups excluding carboxylic acids is 3. The minimum Gasteiger partial charge on any atom is -0.351 e. The van der Waals surface area contributed by atoms with Crippen LogP contribution in [0.5, 0.6) is 0 Å². The third-order valence-corrected chi connectivity index (χ3v) is 7.79. The Morgan fingerprint density at radius 1 is 0.921 bits per heavy atom. The van der Waals surface area contributed by atoms with E-state index in [9.17, 15) is 18.8 Å². The first-order chi connectivity index (χ1) is 18.1. The highest BCUT2D eigenvalue weighted by molar-refractivity contribution is 6.01. The lowest BCUT2D eigenvalue weighted by Crippen LogP contribution is -2.59. The molecule has 2 aromatic heterocycles. The van der Waals surface area contributed by atoms with E-state index in [1.54, 1.807) is 34.1 Å². The highest BCUT2D eigenvalue weighted by Crippen LogP contribution is 2.34. The Morgan fingerprint density at radius 3 is 2.29 bits per heavy atom. The van der Waals surface area contributed by atoms with E-state index in [4.69, 9.17) is 0 Å². The van der Waals surface area contributed by atoms with Crippen molar-refractivity contribution < 1.29 is 18.8 Å². The number of aromatic nitrogens is 2. The van der Waals surface area contributed by atoms with Gasteiger partial charge in [-0.15, -0.1) is 0 Å². The Labute approximate surface area is 219 Å². The Kier molecular flexibility index (Phi) is 5.55. The van der Waals surface area contributed by atoms with Gasteiger partial charge < -0.3 is 25.1 Å². The molecule has 4 heterocycles. The number of amides is 3. The zero-order valence-electron chi connectivity index (χ0n) is 21.5. The number of H-pyrrole nitrogens is 2. The van der Waals surface area contributed by atoms with Crippen LogP contribution < -0.4 is 5.32 Å². The summed E-state index contributed by atoms with van der Waals surface area (Å²) in [5, 5.41) is 4.28. The minimum absolute atomic E-state index is 0.127. The molecule has 2 aliphatic rings. The van der Waals surface area contributed by atoms with Crippen LogP contribution in [0, 0.1) is 11.2 Å². The van der Waals surface area contributed by atoms with Gasteiger partial charge in [-0.2, -0.15) is 0 Å². The zero-order valence-corrected chi connectivity index (χ0v) is 21.5. The number of hydrogen-bond donors (Lipinski definition) is 3. The summed E-state index contributed by atoms with van der Waals surface area (Å²) in [6.07, 6.45) is 0.679. The van der Waals surface area contributed by atoms with E-state index in [1.165, 1.54) is 6.07 Å². The lowest BCUT2D eigenvalue weighted by atomic mass is 9.85. The number of para-hydroxylation sites is 1. The molecule has 3 atom stereocenters. The fourth-order valence-corrected chi connectivity index (χ4v) is 5.79. The molecule has 2 fully saturated rings. The predicted octanol–water partition coefficient (Wildman–Crippen LogP) is 4.06. The average molecular weight is 516 g/mol. The molecule has 6 rings (SSSR count). The summed E-state index contributed by atoms with van der Waals surface area (Å²) in [5.41, 5.74) is 1.66. The second-order valence-corrected chi connectivity index (χ2v) is 11.4. The molecular weight excluding hydrogens is 485 g/mol. The van der Waals surface area contributed by atoms with Crippen molar-refractivity contribution in [1.29, 1.82) is 0 Å². The third-order valence-electron chi connectivity index (χ3n) is 7.79. The van der Waals surface area contributed by atoms with E-state index in [0.717, 1.165) is 10.9 Å². The Hall–Kier alpha value is -4.14. The molecule has 4 aromatic rings. The van der Waals surface area contributed by atoms with Crippen LogP contribution in [0.2, 0.25) is 0 Å². The molecule has 0 radical (unpaired) electrons. The van der Waals surface area contributed by atoms with Crippen molar-refractivity contribution >= 4 is 39.5 Å². The van der Waals surface area contributed by atoms with Gasteiger partial charge in [0.1, 0.15) is 23.2 Å². The van der Waals surface area contributed by atoms with Gasteiger partial charge in [-0.1, -0.05) is 45.0 Å². The van der Waals surface area contributed by atoms with Gasteiger partial charge in [-0.25, -0.2) is 4.39 Å². The standard InChI is InChI=1S/C29H30FN5O3/c1-29(2,3)25(33-26(36)23-11-16-7-4-5-9-21(16)31-23)28(38)35-15-17-12-18(35)14-34(17)27(37)24-13-19-20(30)8-6-10-22(19)32-24/h4-11,13,17-18,25,31-32H,12,14-15H2,1-3H3,(H,33,36). The number of halogens is 1. The maximum Gasteiger partial charge on any atom is 0.270 e. The topological polar surface area (TPSA) is 101 Å². The maximum absolute atomic E-state index is 14.1. The van der Waals surface area contributed by atoms with E-state index in [-0.39, 0.29) is 35.6 Å². The first-order valence-electron chi connectivity index (χ1n) is 12.9. The van der Waals surface area contributed by atoms with Gasteiger partial charge in [0.2, 0.25) is 5.91 Å². The van der Waals surface area contributed by atoms with E-state index < -0.39 is 11.5 Å². The van der Waals surface area contributed by atoms with Crippen molar-refractivity contribution in [2.45, 2.75) is 45.3 Å². The monoisotopic (exact) mass is 515 g/mol. The second-order valence-electron chi connectivity index (χ2n) is 11.4. The molecule has 3 unspecified atom stereocenters. The Morgan fingerprint density at radius 2 is 1.61 bits per heavy atom. The molecule has 0 saturated carbocycles. The van der Waals surface area contributed by atoms with Crippen LogP contribution in [0.4, 0.5) is 4.39 Å². The molecule has 8 nitrogen and oxygen atoms in total. The van der Waals surface area contributed by atoms with Gasteiger partial charge in [-0.05, 0) is 42.2 Å². The fourth-order valence-electron chi connectivity index (χ4n) is 5.79. The highest BCUT2D eigenvalue weighted by atomic mass is 19.1. The van der Waals surface area contributed by atoms with Crippen LogP contribution in [-0.4, -0.2) is 68.7 Å². The van der Waals surface area contributed by atoms with Gasteiger partial charge in [0.05, 0.1) is 12.1 Å². The lowest BCUT2D eigenvalue weighted by molar-refractivity contribution is -0.138.